The summed E-state index contributed by atoms with van der Waals surface area (Å²) in [5.41, 5.74) is 0.560. The van der Waals surface area contributed by atoms with Crippen molar-refractivity contribution in [3.63, 3.8) is 0 Å². The van der Waals surface area contributed by atoms with Crippen molar-refractivity contribution in [1.29, 1.82) is 0 Å². The molecular weight excluding hydrogens is 251 g/mol. The standard InChI is InChI=1S/C13H17FN2O3/c1-9(12(17)18)7-8-15-13(19)16(2)11-5-3-10(14)4-6-11/h3-6,9H,7-8H2,1-2H3,(H,15,19)(H,17,18). The molecule has 0 spiro atoms. The third kappa shape index (κ3) is 4.57. The largest absolute Gasteiger partial charge is 0.481 e. The summed E-state index contributed by atoms with van der Waals surface area (Å²) in [6, 6.07) is 5.17. The van der Waals surface area contributed by atoms with Crippen LogP contribution in [-0.2, 0) is 4.79 Å². The van der Waals surface area contributed by atoms with Gasteiger partial charge in [0.15, 0.2) is 0 Å². The number of amides is 2. The normalized spacial score (nSPS) is 11.7. The molecule has 19 heavy (non-hydrogen) atoms. The van der Waals surface area contributed by atoms with Crippen LogP contribution in [0.2, 0.25) is 0 Å². The summed E-state index contributed by atoms with van der Waals surface area (Å²) < 4.78 is 12.7. The van der Waals surface area contributed by atoms with Crippen molar-refractivity contribution in [2.24, 2.45) is 5.92 Å². The molecule has 2 amide bonds. The van der Waals surface area contributed by atoms with Gasteiger partial charge in [0.1, 0.15) is 5.82 Å². The van der Waals surface area contributed by atoms with Crippen LogP contribution in [-0.4, -0.2) is 30.7 Å². The SMILES string of the molecule is CC(CCNC(=O)N(C)c1ccc(F)cc1)C(=O)O. The first-order valence-electron chi connectivity index (χ1n) is 5.91. The first-order chi connectivity index (χ1) is 8.91. The zero-order valence-corrected chi connectivity index (χ0v) is 10.9. The van der Waals surface area contributed by atoms with E-state index >= 15 is 0 Å². The number of anilines is 1. The van der Waals surface area contributed by atoms with Crippen molar-refractivity contribution >= 4 is 17.7 Å². The van der Waals surface area contributed by atoms with Crippen molar-refractivity contribution < 1.29 is 19.1 Å². The maximum absolute atomic E-state index is 12.7. The molecule has 0 saturated carbocycles. The number of carbonyl (C=O) groups is 2. The number of hydrogen-bond acceptors (Lipinski definition) is 2. The van der Waals surface area contributed by atoms with E-state index in [1.165, 1.54) is 29.2 Å². The molecule has 104 valence electrons. The number of carboxylic acid groups (broad SMARTS) is 1. The Morgan fingerprint density at radius 1 is 1.37 bits per heavy atom. The average Bonchev–Trinajstić information content (AvgIpc) is 2.38. The Hall–Kier alpha value is -2.11. The van der Waals surface area contributed by atoms with Crippen molar-refractivity contribution in [2.45, 2.75) is 13.3 Å². The highest BCUT2D eigenvalue weighted by molar-refractivity contribution is 5.91. The molecule has 0 aliphatic carbocycles. The molecular formula is C13H17FN2O3. The van der Waals surface area contributed by atoms with E-state index in [-0.39, 0.29) is 18.4 Å². The van der Waals surface area contributed by atoms with Crippen LogP contribution in [0, 0.1) is 11.7 Å². The summed E-state index contributed by atoms with van der Waals surface area (Å²) in [4.78, 5) is 23.7. The first-order valence-corrected chi connectivity index (χ1v) is 5.91. The molecule has 1 rings (SSSR count). The second kappa shape index (κ2) is 6.72. The molecule has 0 aromatic heterocycles. The van der Waals surface area contributed by atoms with Crippen molar-refractivity contribution in [3.05, 3.63) is 30.1 Å². The fourth-order valence-electron chi connectivity index (χ4n) is 1.42. The molecule has 0 aliphatic heterocycles. The summed E-state index contributed by atoms with van der Waals surface area (Å²) in [5, 5.41) is 11.3. The maximum atomic E-state index is 12.7. The minimum Gasteiger partial charge on any atom is -0.481 e. The number of benzene rings is 1. The smallest absolute Gasteiger partial charge is 0.321 e. The van der Waals surface area contributed by atoms with E-state index in [4.69, 9.17) is 5.11 Å². The highest BCUT2D eigenvalue weighted by Crippen LogP contribution is 2.13. The van der Waals surface area contributed by atoms with E-state index in [0.717, 1.165) is 0 Å². The van der Waals surface area contributed by atoms with Crippen LogP contribution in [0.1, 0.15) is 13.3 Å². The number of nitrogens with one attached hydrogen (secondary N) is 1. The lowest BCUT2D eigenvalue weighted by Crippen LogP contribution is -2.38. The van der Waals surface area contributed by atoms with Gasteiger partial charge in [-0.05, 0) is 30.7 Å². The van der Waals surface area contributed by atoms with E-state index in [9.17, 15) is 14.0 Å². The highest BCUT2D eigenvalue weighted by Gasteiger charge is 2.13. The summed E-state index contributed by atoms with van der Waals surface area (Å²) in [6.07, 6.45) is 0.359. The number of halogens is 1. The summed E-state index contributed by atoms with van der Waals surface area (Å²) in [5.74, 6) is -1.76. The molecule has 1 aromatic carbocycles. The molecule has 1 aromatic rings. The number of hydrogen-bond donors (Lipinski definition) is 2. The Kier molecular flexibility index (Phi) is 5.29. The van der Waals surface area contributed by atoms with E-state index in [1.807, 2.05) is 0 Å². The molecule has 6 heteroatoms. The van der Waals surface area contributed by atoms with Crippen LogP contribution >= 0.6 is 0 Å². The molecule has 0 saturated heterocycles. The predicted octanol–water partition coefficient (Wildman–Crippen LogP) is 2.08. The van der Waals surface area contributed by atoms with Gasteiger partial charge in [-0.2, -0.15) is 0 Å². The third-order valence-corrected chi connectivity index (χ3v) is 2.79. The molecule has 0 bridgehead atoms. The van der Waals surface area contributed by atoms with Crippen LogP contribution in [0.25, 0.3) is 0 Å². The molecule has 1 atom stereocenters. The Balaban J connectivity index is 2.45. The number of nitrogens with zero attached hydrogens (tertiary/aromatic N) is 1. The van der Waals surface area contributed by atoms with E-state index in [0.29, 0.717) is 12.1 Å². The fraction of sp³-hybridized carbons (Fsp3) is 0.385. The van der Waals surface area contributed by atoms with Gasteiger partial charge in [-0.3, -0.25) is 9.69 Å². The molecule has 1 unspecified atom stereocenters. The van der Waals surface area contributed by atoms with Crippen LogP contribution in [0.5, 0.6) is 0 Å². The number of carboxylic acids is 1. The van der Waals surface area contributed by atoms with Gasteiger partial charge in [0.05, 0.1) is 5.92 Å². The fourth-order valence-corrected chi connectivity index (χ4v) is 1.42. The summed E-state index contributed by atoms with van der Waals surface area (Å²) in [6.45, 7) is 1.86. The molecule has 0 fully saturated rings. The van der Waals surface area contributed by atoms with Crippen molar-refractivity contribution in [1.82, 2.24) is 5.32 Å². The molecule has 0 aliphatic rings. The molecule has 0 radical (unpaired) electrons. The first kappa shape index (κ1) is 14.9. The molecule has 5 nitrogen and oxygen atoms in total. The van der Waals surface area contributed by atoms with Gasteiger partial charge in [0.2, 0.25) is 0 Å². The monoisotopic (exact) mass is 268 g/mol. The number of rotatable bonds is 5. The number of aliphatic carboxylic acids is 1. The van der Waals surface area contributed by atoms with Gasteiger partial charge in [0, 0.05) is 19.3 Å². The maximum Gasteiger partial charge on any atom is 0.321 e. The van der Waals surface area contributed by atoms with E-state index < -0.39 is 11.9 Å². The van der Waals surface area contributed by atoms with Gasteiger partial charge in [0.25, 0.3) is 0 Å². The van der Waals surface area contributed by atoms with Gasteiger partial charge in [-0.15, -0.1) is 0 Å². The van der Waals surface area contributed by atoms with Crippen molar-refractivity contribution in [2.75, 3.05) is 18.5 Å². The zero-order chi connectivity index (χ0) is 14.4. The minimum atomic E-state index is -0.888. The third-order valence-electron chi connectivity index (χ3n) is 2.79. The van der Waals surface area contributed by atoms with Gasteiger partial charge >= 0.3 is 12.0 Å². The summed E-state index contributed by atoms with van der Waals surface area (Å²) >= 11 is 0. The van der Waals surface area contributed by atoms with Crippen molar-refractivity contribution in [3.8, 4) is 0 Å². The molecule has 0 heterocycles. The van der Waals surface area contributed by atoms with Crippen LogP contribution < -0.4 is 10.2 Å². The number of urea groups is 1. The summed E-state index contributed by atoms with van der Waals surface area (Å²) in [7, 11) is 1.56. The Morgan fingerprint density at radius 2 is 1.95 bits per heavy atom. The van der Waals surface area contributed by atoms with Crippen LogP contribution in [0.3, 0.4) is 0 Å². The van der Waals surface area contributed by atoms with Gasteiger partial charge < -0.3 is 10.4 Å². The Labute approximate surface area is 111 Å². The Morgan fingerprint density at radius 3 is 2.47 bits per heavy atom. The predicted molar refractivity (Wildman–Crippen MR) is 69.6 cm³/mol. The minimum absolute atomic E-state index is 0.276. The van der Waals surface area contributed by atoms with Gasteiger partial charge in [-0.1, -0.05) is 6.92 Å². The van der Waals surface area contributed by atoms with Crippen LogP contribution in [0.4, 0.5) is 14.9 Å². The lowest BCUT2D eigenvalue weighted by atomic mass is 10.1. The van der Waals surface area contributed by atoms with Crippen LogP contribution in [0.15, 0.2) is 24.3 Å². The highest BCUT2D eigenvalue weighted by atomic mass is 19.1. The zero-order valence-electron chi connectivity index (χ0n) is 10.9. The second-order valence-corrected chi connectivity index (χ2v) is 4.30. The van der Waals surface area contributed by atoms with E-state index in [2.05, 4.69) is 5.32 Å². The molecule has 2 N–H and O–H groups in total. The second-order valence-electron chi connectivity index (χ2n) is 4.30. The lowest BCUT2D eigenvalue weighted by molar-refractivity contribution is -0.141. The number of carbonyl (C=O) groups excluding carboxylic acids is 1. The Bertz CT molecular complexity index is 448. The van der Waals surface area contributed by atoms with Gasteiger partial charge in [-0.25, -0.2) is 9.18 Å². The lowest BCUT2D eigenvalue weighted by Gasteiger charge is -2.18. The average molecular weight is 268 g/mol. The topological polar surface area (TPSA) is 69.6 Å². The van der Waals surface area contributed by atoms with E-state index in [1.54, 1.807) is 14.0 Å². The quantitative estimate of drug-likeness (QED) is 0.859.